The summed E-state index contributed by atoms with van der Waals surface area (Å²) in [6.45, 7) is 5.84. The number of hydrogen-bond donors (Lipinski definition) is 1. The standard InChI is InChI=1S/C23H29N3O2/c1-15-12-18(28-3)10-7-11-19(15)21-13-24-23-20(16(2)27)14-25-26(23)22(21)17-8-5-4-6-9-17/h12-14,17,27H,2,4-11H2,1,3H3. The average Bonchev–Trinajstić information content (AvgIpc) is 3.05. The van der Waals surface area contributed by atoms with Gasteiger partial charge in [-0.3, -0.25) is 0 Å². The maximum atomic E-state index is 9.95. The van der Waals surface area contributed by atoms with Crippen LogP contribution in [0, 0.1) is 0 Å². The number of aliphatic hydroxyl groups excluding tert-OH is 1. The molecule has 0 bridgehead atoms. The van der Waals surface area contributed by atoms with E-state index in [1.165, 1.54) is 54.5 Å². The molecular weight excluding hydrogens is 350 g/mol. The molecule has 0 aliphatic heterocycles. The first-order valence-electron chi connectivity index (χ1n) is 10.3. The van der Waals surface area contributed by atoms with Gasteiger partial charge in [0.05, 0.1) is 30.3 Å². The van der Waals surface area contributed by atoms with E-state index in [4.69, 9.17) is 9.72 Å². The number of ether oxygens (including phenoxy) is 1. The van der Waals surface area contributed by atoms with Gasteiger partial charge in [-0.05, 0) is 49.8 Å². The third-order valence-corrected chi connectivity index (χ3v) is 6.16. The van der Waals surface area contributed by atoms with Crippen molar-refractivity contribution in [2.45, 2.75) is 64.2 Å². The average molecular weight is 380 g/mol. The topological polar surface area (TPSA) is 59.7 Å². The summed E-state index contributed by atoms with van der Waals surface area (Å²) >= 11 is 0. The molecule has 2 aliphatic rings. The molecular formula is C23H29N3O2. The summed E-state index contributed by atoms with van der Waals surface area (Å²) in [4.78, 5) is 4.69. The molecule has 0 radical (unpaired) electrons. The summed E-state index contributed by atoms with van der Waals surface area (Å²) in [6.07, 6.45) is 15.0. The van der Waals surface area contributed by atoms with Crippen LogP contribution in [0.1, 0.15) is 81.0 Å². The van der Waals surface area contributed by atoms with Gasteiger partial charge in [-0.1, -0.05) is 25.8 Å². The van der Waals surface area contributed by atoms with Gasteiger partial charge in [0.25, 0.3) is 0 Å². The zero-order valence-corrected chi connectivity index (χ0v) is 16.9. The van der Waals surface area contributed by atoms with E-state index in [1.54, 1.807) is 13.3 Å². The monoisotopic (exact) mass is 379 g/mol. The van der Waals surface area contributed by atoms with Crippen molar-refractivity contribution < 1.29 is 9.84 Å². The second-order valence-electron chi connectivity index (χ2n) is 7.96. The molecule has 2 aromatic heterocycles. The van der Waals surface area contributed by atoms with Crippen molar-refractivity contribution in [1.82, 2.24) is 14.6 Å². The van der Waals surface area contributed by atoms with Gasteiger partial charge in [-0.2, -0.15) is 5.10 Å². The Hall–Kier alpha value is -2.56. The van der Waals surface area contributed by atoms with Crippen molar-refractivity contribution in [2.75, 3.05) is 7.11 Å². The Morgan fingerprint density at radius 2 is 1.96 bits per heavy atom. The lowest BCUT2D eigenvalue weighted by Gasteiger charge is -2.26. The summed E-state index contributed by atoms with van der Waals surface area (Å²) in [5.74, 6) is 1.52. The molecule has 5 nitrogen and oxygen atoms in total. The number of nitrogens with zero attached hydrogens (tertiary/aromatic N) is 3. The number of fused-ring (bicyclic) bond motifs is 1. The highest BCUT2D eigenvalue weighted by Gasteiger charge is 2.26. The highest BCUT2D eigenvalue weighted by atomic mass is 16.5. The lowest BCUT2D eigenvalue weighted by molar-refractivity contribution is 0.276. The molecule has 1 fully saturated rings. The maximum absolute atomic E-state index is 9.95. The summed E-state index contributed by atoms with van der Waals surface area (Å²) in [7, 11) is 1.75. The predicted octanol–water partition coefficient (Wildman–Crippen LogP) is 5.79. The van der Waals surface area contributed by atoms with Crippen LogP contribution in [0.2, 0.25) is 0 Å². The number of rotatable bonds is 4. The second kappa shape index (κ2) is 7.82. The zero-order chi connectivity index (χ0) is 19.7. The van der Waals surface area contributed by atoms with Crippen molar-refractivity contribution in [2.24, 2.45) is 0 Å². The number of aliphatic hydroxyl groups is 1. The summed E-state index contributed by atoms with van der Waals surface area (Å²) in [5, 5.41) is 14.6. The van der Waals surface area contributed by atoms with Crippen molar-refractivity contribution in [3.63, 3.8) is 0 Å². The second-order valence-corrected chi connectivity index (χ2v) is 7.96. The molecule has 0 spiro atoms. The van der Waals surface area contributed by atoms with Gasteiger partial charge in [-0.15, -0.1) is 0 Å². The van der Waals surface area contributed by atoms with Crippen LogP contribution in [0.3, 0.4) is 0 Å². The van der Waals surface area contributed by atoms with Gasteiger partial charge in [0.1, 0.15) is 5.76 Å². The van der Waals surface area contributed by atoms with Gasteiger partial charge < -0.3 is 9.84 Å². The largest absolute Gasteiger partial charge is 0.508 e. The van der Waals surface area contributed by atoms with Crippen molar-refractivity contribution >= 4 is 17.0 Å². The Morgan fingerprint density at radius 1 is 1.18 bits per heavy atom. The molecule has 2 aromatic rings. The van der Waals surface area contributed by atoms with Crippen molar-refractivity contribution in [3.05, 3.63) is 53.2 Å². The molecule has 1 N–H and O–H groups in total. The zero-order valence-electron chi connectivity index (χ0n) is 16.9. The summed E-state index contributed by atoms with van der Waals surface area (Å²) in [6, 6.07) is 0. The Balaban J connectivity index is 1.92. The van der Waals surface area contributed by atoms with E-state index in [1.807, 2.05) is 10.7 Å². The molecule has 2 heterocycles. The number of methoxy groups -OCH3 is 1. The molecule has 148 valence electrons. The predicted molar refractivity (Wildman–Crippen MR) is 112 cm³/mol. The van der Waals surface area contributed by atoms with Crippen molar-refractivity contribution in [1.29, 1.82) is 0 Å². The number of aromatic nitrogens is 3. The summed E-state index contributed by atoms with van der Waals surface area (Å²) in [5.41, 5.74) is 6.31. The van der Waals surface area contributed by atoms with Crippen LogP contribution in [0.4, 0.5) is 0 Å². The number of hydrogen-bond acceptors (Lipinski definition) is 4. The van der Waals surface area contributed by atoms with Crippen LogP contribution >= 0.6 is 0 Å². The third-order valence-electron chi connectivity index (χ3n) is 6.16. The fourth-order valence-corrected chi connectivity index (χ4v) is 4.70. The molecule has 2 aliphatic carbocycles. The quantitative estimate of drug-likeness (QED) is 0.683. The summed E-state index contributed by atoms with van der Waals surface area (Å²) < 4.78 is 7.48. The lowest BCUT2D eigenvalue weighted by Crippen LogP contribution is -2.14. The maximum Gasteiger partial charge on any atom is 0.166 e. The Bertz CT molecular complexity index is 962. The highest BCUT2D eigenvalue weighted by Crippen LogP contribution is 2.40. The molecule has 1 saturated carbocycles. The fraction of sp³-hybridized carbons (Fsp3) is 0.478. The smallest absolute Gasteiger partial charge is 0.166 e. The normalized spacial score (nSPS) is 18.9. The molecule has 0 atom stereocenters. The molecule has 0 aromatic carbocycles. The van der Waals surface area contributed by atoms with E-state index < -0.39 is 0 Å². The fourth-order valence-electron chi connectivity index (χ4n) is 4.70. The van der Waals surface area contributed by atoms with Crippen LogP contribution in [-0.2, 0) is 4.74 Å². The van der Waals surface area contributed by atoms with Gasteiger partial charge in [0, 0.05) is 24.1 Å². The van der Waals surface area contributed by atoms with Gasteiger partial charge in [-0.25, -0.2) is 9.50 Å². The van der Waals surface area contributed by atoms with Crippen LogP contribution in [0.5, 0.6) is 0 Å². The minimum atomic E-state index is 0.0161. The Morgan fingerprint density at radius 3 is 2.68 bits per heavy atom. The minimum Gasteiger partial charge on any atom is -0.508 e. The Labute approximate surface area is 166 Å². The van der Waals surface area contributed by atoms with E-state index in [2.05, 4.69) is 24.7 Å². The highest BCUT2D eigenvalue weighted by molar-refractivity contribution is 5.75. The molecule has 28 heavy (non-hydrogen) atoms. The van der Waals surface area contributed by atoms with E-state index in [0.29, 0.717) is 17.1 Å². The first-order chi connectivity index (χ1) is 13.6. The Kier molecular flexibility index (Phi) is 5.25. The van der Waals surface area contributed by atoms with Gasteiger partial charge >= 0.3 is 0 Å². The molecule has 0 unspecified atom stereocenters. The van der Waals surface area contributed by atoms with Crippen LogP contribution in [0.25, 0.3) is 17.0 Å². The van der Waals surface area contributed by atoms with E-state index in [9.17, 15) is 5.11 Å². The first-order valence-corrected chi connectivity index (χ1v) is 10.3. The van der Waals surface area contributed by atoms with Gasteiger partial charge in [0.15, 0.2) is 5.65 Å². The molecule has 0 saturated heterocycles. The van der Waals surface area contributed by atoms with E-state index in [0.717, 1.165) is 25.0 Å². The van der Waals surface area contributed by atoms with E-state index in [-0.39, 0.29) is 5.76 Å². The first kappa shape index (κ1) is 18.8. The minimum absolute atomic E-state index is 0.0161. The lowest BCUT2D eigenvalue weighted by atomic mass is 9.83. The number of allylic oxidation sites excluding steroid dienone is 4. The molecule has 4 rings (SSSR count). The van der Waals surface area contributed by atoms with Gasteiger partial charge in [0.2, 0.25) is 0 Å². The van der Waals surface area contributed by atoms with Crippen molar-refractivity contribution in [3.8, 4) is 0 Å². The van der Waals surface area contributed by atoms with Crippen LogP contribution in [0.15, 0.2) is 36.4 Å². The SMILES string of the molecule is C=C(O)c1cnn2c(C3CCCCC3)c(C3=C(C)C=C(OC)CCC3)cnc12. The van der Waals surface area contributed by atoms with E-state index >= 15 is 0 Å². The van der Waals surface area contributed by atoms with Crippen LogP contribution in [-0.4, -0.2) is 26.8 Å². The third kappa shape index (κ3) is 3.34. The van der Waals surface area contributed by atoms with Crippen LogP contribution < -0.4 is 0 Å². The molecule has 0 amide bonds. The molecule has 5 heteroatoms.